The average molecular weight is 454 g/mol. The second-order valence-corrected chi connectivity index (χ2v) is 7.46. The minimum atomic E-state index is -0.889. The van der Waals surface area contributed by atoms with Gasteiger partial charge in [-0.05, 0) is 24.3 Å². The number of aromatic hydroxyl groups is 1. The van der Waals surface area contributed by atoms with Gasteiger partial charge in [0.1, 0.15) is 5.75 Å². The Kier molecular flexibility index (Phi) is 12.3. The molecule has 1 aromatic carbocycles. The summed E-state index contributed by atoms with van der Waals surface area (Å²) >= 11 is -0.889. The molecule has 0 amide bonds. The van der Waals surface area contributed by atoms with Crippen LogP contribution in [0.3, 0.4) is 0 Å². The molecule has 0 fully saturated rings. The molecular weight excluding hydrogens is 441 g/mol. The molecule has 0 aliphatic carbocycles. The number of benzene rings is 1. The molecule has 0 saturated heterocycles. The van der Waals surface area contributed by atoms with Crippen LogP contribution in [0, 0.1) is 0 Å². The summed E-state index contributed by atoms with van der Waals surface area (Å²) in [6, 6.07) is 7.09. The van der Waals surface area contributed by atoms with Crippen LogP contribution >= 0.6 is 29.4 Å². The van der Waals surface area contributed by atoms with E-state index in [4.69, 9.17) is 22.1 Å². The van der Waals surface area contributed by atoms with Crippen molar-refractivity contribution in [3.63, 3.8) is 0 Å². The van der Waals surface area contributed by atoms with Crippen LogP contribution in [-0.4, -0.2) is 40.1 Å². The molecule has 0 aliphatic rings. The van der Waals surface area contributed by atoms with Crippen molar-refractivity contribution in [2.75, 3.05) is 19.0 Å². The molecule has 0 unspecified atom stereocenters. The standard InChI is InChI=1S/C8H11NO.Bi.3ClH/c1-9(2)7-3-5-8(10)6-4-7;;;;/h3-6,10H,1-2H3;;3*1H/q;+2;;;/p-2. The van der Waals surface area contributed by atoms with Crippen LogP contribution in [0.25, 0.3) is 0 Å². The van der Waals surface area contributed by atoms with Crippen LogP contribution in [0.1, 0.15) is 0 Å². The predicted octanol–water partition coefficient (Wildman–Crippen LogP) is 2.88. The summed E-state index contributed by atoms with van der Waals surface area (Å²) in [5.74, 6) is 0.311. The molecule has 6 heteroatoms. The Balaban J connectivity index is 0. The molecule has 0 aromatic heterocycles. The third-order valence-electron chi connectivity index (χ3n) is 1.37. The summed E-state index contributed by atoms with van der Waals surface area (Å²) in [6.45, 7) is 0. The Morgan fingerprint density at radius 1 is 1.14 bits per heavy atom. The van der Waals surface area contributed by atoms with Gasteiger partial charge in [-0.1, -0.05) is 0 Å². The summed E-state index contributed by atoms with van der Waals surface area (Å²) < 4.78 is 0. The number of hydrogen-bond acceptors (Lipinski definition) is 2. The van der Waals surface area contributed by atoms with Gasteiger partial charge in [0.15, 0.2) is 0 Å². The van der Waals surface area contributed by atoms with E-state index < -0.39 is 20.8 Å². The summed E-state index contributed by atoms with van der Waals surface area (Å²) in [4.78, 5) is 1.99. The number of phenolic OH excluding ortho intramolecular Hbond substituents is 1. The molecule has 81 valence electrons. The molecule has 1 aromatic rings. The first kappa shape index (κ1) is 17.0. The molecule has 0 atom stereocenters. The summed E-state index contributed by atoms with van der Waals surface area (Å²) in [6.07, 6.45) is 0. The van der Waals surface area contributed by atoms with Crippen molar-refractivity contribution in [3.05, 3.63) is 24.3 Å². The summed E-state index contributed by atoms with van der Waals surface area (Å²) in [7, 11) is 13.8. The van der Waals surface area contributed by atoms with E-state index in [0.29, 0.717) is 5.75 Å². The Hall–Kier alpha value is 0.573. The van der Waals surface area contributed by atoms with Crippen LogP contribution < -0.4 is 4.90 Å². The Morgan fingerprint density at radius 3 is 1.79 bits per heavy atom. The van der Waals surface area contributed by atoms with Gasteiger partial charge in [-0.25, -0.2) is 0 Å². The zero-order valence-corrected chi connectivity index (χ0v) is 13.6. The van der Waals surface area contributed by atoms with Gasteiger partial charge in [0.2, 0.25) is 0 Å². The maximum atomic E-state index is 8.92. The molecular formula is C8H12BiCl3NO. The fourth-order valence-corrected chi connectivity index (χ4v) is 0.751. The van der Waals surface area contributed by atoms with Crippen molar-refractivity contribution in [3.8, 4) is 5.75 Å². The van der Waals surface area contributed by atoms with E-state index in [1.54, 1.807) is 12.1 Å². The Labute approximate surface area is 109 Å². The van der Waals surface area contributed by atoms with Gasteiger partial charge in [0, 0.05) is 19.8 Å². The fraction of sp³-hybridized carbons (Fsp3) is 0.250. The van der Waals surface area contributed by atoms with E-state index in [2.05, 4.69) is 0 Å². The average Bonchev–Trinajstić information content (AvgIpc) is 2.06. The number of halogens is 3. The topological polar surface area (TPSA) is 23.5 Å². The third kappa shape index (κ3) is 7.93. The maximum absolute atomic E-state index is 8.92. The van der Waals surface area contributed by atoms with Crippen molar-refractivity contribution in [2.45, 2.75) is 0 Å². The van der Waals surface area contributed by atoms with Crippen molar-refractivity contribution < 1.29 is 5.11 Å². The van der Waals surface area contributed by atoms with Crippen molar-refractivity contribution >= 4 is 56.0 Å². The van der Waals surface area contributed by atoms with Gasteiger partial charge in [-0.2, -0.15) is 0 Å². The van der Waals surface area contributed by atoms with E-state index in [-0.39, 0.29) is 12.4 Å². The predicted molar refractivity (Wildman–Crippen MR) is 67.1 cm³/mol. The van der Waals surface area contributed by atoms with Crippen LogP contribution in [-0.2, 0) is 0 Å². The third-order valence-corrected chi connectivity index (χ3v) is 1.37. The molecule has 0 heterocycles. The molecule has 1 N–H and O–H groups in total. The van der Waals surface area contributed by atoms with Crippen LogP contribution in [0.15, 0.2) is 24.3 Å². The first-order chi connectivity index (χ1) is 6.11. The molecule has 2 nitrogen and oxygen atoms in total. The molecule has 1 radical (unpaired) electrons. The number of anilines is 1. The quantitative estimate of drug-likeness (QED) is 0.662. The molecule has 0 aliphatic heterocycles. The number of phenols is 1. The zero-order chi connectivity index (χ0) is 10.3. The SMILES string of the molecule is CN(C)c1ccc(O)cc1.Cl.[Cl][Bi][Cl]. The number of nitrogens with zero attached hydrogens (tertiary/aromatic N) is 1. The minimum absolute atomic E-state index is 0. The number of hydrogen-bond donors (Lipinski definition) is 1. The van der Waals surface area contributed by atoms with Crippen molar-refractivity contribution in [1.82, 2.24) is 0 Å². The monoisotopic (exact) mass is 452 g/mol. The second-order valence-electron chi connectivity index (χ2n) is 2.47. The van der Waals surface area contributed by atoms with Gasteiger partial charge in [0.05, 0.1) is 0 Å². The van der Waals surface area contributed by atoms with Crippen LogP contribution in [0.5, 0.6) is 5.75 Å². The van der Waals surface area contributed by atoms with Gasteiger partial charge in [-0.3, -0.25) is 0 Å². The number of rotatable bonds is 1. The molecule has 0 spiro atoms. The normalized spacial score (nSPS) is 8.00. The molecule has 0 bridgehead atoms. The zero-order valence-electron chi connectivity index (χ0n) is 7.82. The van der Waals surface area contributed by atoms with E-state index >= 15 is 0 Å². The van der Waals surface area contributed by atoms with Gasteiger partial charge >= 0.3 is 37.9 Å². The fourth-order valence-electron chi connectivity index (χ4n) is 0.751. The molecule has 0 saturated carbocycles. The first-order valence-corrected chi connectivity index (χ1v) is 12.1. The summed E-state index contributed by atoms with van der Waals surface area (Å²) in [5.41, 5.74) is 1.10. The van der Waals surface area contributed by atoms with E-state index in [1.165, 1.54) is 0 Å². The van der Waals surface area contributed by atoms with Crippen LogP contribution in [0.2, 0.25) is 0 Å². The van der Waals surface area contributed by atoms with E-state index in [0.717, 1.165) is 5.69 Å². The molecule has 14 heavy (non-hydrogen) atoms. The van der Waals surface area contributed by atoms with Gasteiger partial charge < -0.3 is 10.0 Å². The first-order valence-electron chi connectivity index (χ1n) is 3.50. The molecule has 1 rings (SSSR count). The Bertz CT molecular complexity index is 231. The Morgan fingerprint density at radius 2 is 1.50 bits per heavy atom. The van der Waals surface area contributed by atoms with Crippen molar-refractivity contribution in [1.29, 1.82) is 0 Å². The summed E-state index contributed by atoms with van der Waals surface area (Å²) in [5, 5.41) is 8.92. The van der Waals surface area contributed by atoms with Gasteiger partial charge in [0.25, 0.3) is 0 Å². The van der Waals surface area contributed by atoms with Crippen LogP contribution in [0.4, 0.5) is 5.69 Å². The van der Waals surface area contributed by atoms with E-state index in [1.807, 2.05) is 31.1 Å². The van der Waals surface area contributed by atoms with E-state index in [9.17, 15) is 0 Å². The second kappa shape index (κ2) is 10.1. The van der Waals surface area contributed by atoms with Gasteiger partial charge in [-0.15, -0.1) is 12.4 Å². The van der Waals surface area contributed by atoms with Crippen molar-refractivity contribution in [2.24, 2.45) is 0 Å².